The molecule has 2 amide bonds. The summed E-state index contributed by atoms with van der Waals surface area (Å²) in [7, 11) is 3.25. The molecule has 0 bridgehead atoms. The Bertz CT molecular complexity index is 1170. The predicted octanol–water partition coefficient (Wildman–Crippen LogP) is 4.49. The molecule has 2 aliphatic rings. The van der Waals surface area contributed by atoms with E-state index in [1.807, 2.05) is 56.0 Å². The highest BCUT2D eigenvalue weighted by Gasteiger charge is 2.36. The van der Waals surface area contributed by atoms with Gasteiger partial charge in [-0.05, 0) is 49.2 Å². The number of carbonyl (C=O) groups is 2. The highest BCUT2D eigenvalue weighted by Crippen LogP contribution is 2.40. The molecule has 2 aromatic rings. The van der Waals surface area contributed by atoms with Crippen molar-refractivity contribution in [3.8, 4) is 11.5 Å². The minimum absolute atomic E-state index is 0.0302. The lowest BCUT2D eigenvalue weighted by Gasteiger charge is -2.36. The predicted molar refractivity (Wildman–Crippen MR) is 155 cm³/mol. The van der Waals surface area contributed by atoms with Crippen LogP contribution in [0.1, 0.15) is 68.1 Å². The van der Waals surface area contributed by atoms with Crippen LogP contribution in [0.4, 0.5) is 5.69 Å². The lowest BCUT2D eigenvalue weighted by molar-refractivity contribution is -0.128. The molecule has 212 valence electrons. The smallest absolute Gasteiger partial charge is 0.255 e. The van der Waals surface area contributed by atoms with Gasteiger partial charge in [0.15, 0.2) is 11.5 Å². The monoisotopic (exact) mass is 536 g/mol. The van der Waals surface area contributed by atoms with Crippen molar-refractivity contribution in [1.82, 2.24) is 15.1 Å². The summed E-state index contributed by atoms with van der Waals surface area (Å²) in [5, 5.41) is 3.05. The number of benzene rings is 2. The third-order valence-corrected chi connectivity index (χ3v) is 7.92. The Morgan fingerprint density at radius 1 is 1.03 bits per heavy atom. The van der Waals surface area contributed by atoms with Crippen molar-refractivity contribution < 1.29 is 19.1 Å². The molecule has 1 fully saturated rings. The molecule has 4 rings (SSSR count). The number of anilines is 1. The first kappa shape index (κ1) is 28.7. The molecule has 0 radical (unpaired) electrons. The zero-order valence-electron chi connectivity index (χ0n) is 24.4. The van der Waals surface area contributed by atoms with Crippen LogP contribution in [-0.2, 0) is 11.3 Å². The largest absolute Gasteiger partial charge is 0.493 e. The lowest BCUT2D eigenvalue weighted by atomic mass is 9.95. The van der Waals surface area contributed by atoms with Gasteiger partial charge < -0.3 is 29.5 Å². The normalized spacial score (nSPS) is 16.7. The Balaban J connectivity index is 1.59. The lowest BCUT2D eigenvalue weighted by Crippen LogP contribution is -2.46. The van der Waals surface area contributed by atoms with Crippen LogP contribution in [0.2, 0.25) is 0 Å². The molecular formula is C31H44N4O4. The van der Waals surface area contributed by atoms with Crippen molar-refractivity contribution in [2.45, 2.75) is 53.1 Å². The first-order valence-corrected chi connectivity index (χ1v) is 14.1. The Kier molecular flexibility index (Phi) is 9.05. The van der Waals surface area contributed by atoms with Crippen LogP contribution in [0.15, 0.2) is 36.4 Å². The molecule has 0 aromatic heterocycles. The van der Waals surface area contributed by atoms with Crippen molar-refractivity contribution in [3.63, 3.8) is 0 Å². The number of hydrogen-bond donors (Lipinski definition) is 1. The average molecular weight is 537 g/mol. The number of hydrogen-bond acceptors (Lipinski definition) is 6. The fourth-order valence-corrected chi connectivity index (χ4v) is 5.52. The zero-order valence-corrected chi connectivity index (χ0v) is 24.4. The first-order chi connectivity index (χ1) is 18.7. The molecule has 1 N–H and O–H groups in total. The Labute approximate surface area is 233 Å². The minimum atomic E-state index is -0.436. The number of fused-ring (bicyclic) bond motifs is 1. The second-order valence-electron chi connectivity index (χ2n) is 11.4. The van der Waals surface area contributed by atoms with Gasteiger partial charge in [-0.1, -0.05) is 39.8 Å². The van der Waals surface area contributed by atoms with Crippen LogP contribution in [0.3, 0.4) is 0 Å². The van der Waals surface area contributed by atoms with Gasteiger partial charge in [-0.2, -0.15) is 0 Å². The van der Waals surface area contributed by atoms with Crippen LogP contribution >= 0.6 is 0 Å². The van der Waals surface area contributed by atoms with E-state index >= 15 is 0 Å². The zero-order chi connectivity index (χ0) is 28.2. The van der Waals surface area contributed by atoms with Gasteiger partial charge in [-0.3, -0.25) is 9.59 Å². The highest BCUT2D eigenvalue weighted by molar-refractivity contribution is 6.00. The maximum absolute atomic E-state index is 13.9. The third kappa shape index (κ3) is 6.32. The van der Waals surface area contributed by atoms with Crippen molar-refractivity contribution >= 4 is 17.5 Å². The van der Waals surface area contributed by atoms with Gasteiger partial charge in [0.05, 0.1) is 20.3 Å². The van der Waals surface area contributed by atoms with E-state index in [-0.39, 0.29) is 17.9 Å². The SMILES string of the molecule is CCN1CCN(c2cccc3c2CN([C@H](CCCNC(=O)C(C)(C)C)c2ccc(OC)c(OC)c2)C3=O)CC1. The van der Waals surface area contributed by atoms with Gasteiger partial charge in [0.25, 0.3) is 5.91 Å². The van der Waals surface area contributed by atoms with Crippen LogP contribution in [-0.4, -0.2) is 75.1 Å². The van der Waals surface area contributed by atoms with Crippen molar-refractivity contribution in [2.75, 3.05) is 58.4 Å². The summed E-state index contributed by atoms with van der Waals surface area (Å²) in [6.45, 7) is 14.1. The van der Waals surface area contributed by atoms with E-state index in [1.165, 1.54) is 5.69 Å². The van der Waals surface area contributed by atoms with E-state index < -0.39 is 5.41 Å². The maximum atomic E-state index is 13.9. The fraction of sp³-hybridized carbons (Fsp3) is 0.548. The standard InChI is InChI=1S/C31H44N4O4/c1-7-33-16-18-34(19-17-33)26-11-8-10-23-24(26)21-35(29(23)36)25(12-9-15-32-30(37)31(2,3)4)22-13-14-27(38-5)28(20-22)39-6/h8,10-11,13-14,20,25H,7,9,12,15-19,21H2,1-6H3,(H,32,37)/t25-/m1/s1. The number of nitrogens with one attached hydrogen (secondary N) is 1. The van der Waals surface area contributed by atoms with Crippen molar-refractivity contribution in [2.24, 2.45) is 5.41 Å². The Hall–Kier alpha value is -3.26. The molecule has 2 aliphatic heterocycles. The molecule has 1 saturated heterocycles. The molecule has 2 heterocycles. The number of piperazine rings is 1. The second-order valence-corrected chi connectivity index (χ2v) is 11.4. The molecule has 2 aromatic carbocycles. The fourth-order valence-electron chi connectivity index (χ4n) is 5.52. The van der Waals surface area contributed by atoms with Crippen LogP contribution in [0.25, 0.3) is 0 Å². The summed E-state index contributed by atoms with van der Waals surface area (Å²) in [5.74, 6) is 1.38. The molecule has 8 nitrogen and oxygen atoms in total. The second kappa shape index (κ2) is 12.3. The first-order valence-electron chi connectivity index (χ1n) is 14.1. The molecule has 0 saturated carbocycles. The summed E-state index contributed by atoms with van der Waals surface area (Å²) in [6.07, 6.45) is 1.46. The summed E-state index contributed by atoms with van der Waals surface area (Å²) in [5.41, 5.74) is 3.63. The van der Waals surface area contributed by atoms with Gasteiger partial charge in [0.1, 0.15) is 0 Å². The molecule has 0 spiro atoms. The van der Waals surface area contributed by atoms with Crippen molar-refractivity contribution in [3.05, 3.63) is 53.1 Å². The Morgan fingerprint density at radius 2 is 1.74 bits per heavy atom. The molecule has 8 heteroatoms. The van der Waals surface area contributed by atoms with Gasteiger partial charge in [-0.15, -0.1) is 0 Å². The van der Waals surface area contributed by atoms with Crippen molar-refractivity contribution in [1.29, 1.82) is 0 Å². The van der Waals surface area contributed by atoms with E-state index in [9.17, 15) is 9.59 Å². The molecule has 1 atom stereocenters. The topological polar surface area (TPSA) is 74.3 Å². The van der Waals surface area contributed by atoms with Gasteiger partial charge in [0, 0.05) is 61.5 Å². The van der Waals surface area contributed by atoms with E-state index in [0.29, 0.717) is 31.0 Å². The number of rotatable bonds is 10. The highest BCUT2D eigenvalue weighted by atomic mass is 16.5. The Morgan fingerprint density at radius 3 is 2.38 bits per heavy atom. The third-order valence-electron chi connectivity index (χ3n) is 7.92. The molecule has 39 heavy (non-hydrogen) atoms. The van der Waals surface area contributed by atoms with Crippen LogP contribution < -0.4 is 19.7 Å². The van der Waals surface area contributed by atoms with Gasteiger partial charge in [-0.25, -0.2) is 0 Å². The number of carbonyl (C=O) groups excluding carboxylic acids is 2. The van der Waals surface area contributed by atoms with E-state index in [4.69, 9.17) is 9.47 Å². The quantitative estimate of drug-likeness (QED) is 0.451. The maximum Gasteiger partial charge on any atom is 0.255 e. The van der Waals surface area contributed by atoms with Crippen LogP contribution in [0, 0.1) is 5.41 Å². The number of amides is 2. The number of ether oxygens (including phenoxy) is 2. The van der Waals surface area contributed by atoms with Gasteiger partial charge >= 0.3 is 0 Å². The molecule has 0 unspecified atom stereocenters. The summed E-state index contributed by atoms with van der Waals surface area (Å²) >= 11 is 0. The minimum Gasteiger partial charge on any atom is -0.493 e. The molecular weight excluding hydrogens is 492 g/mol. The number of likely N-dealkylation sites (N-methyl/N-ethyl adjacent to an activating group) is 1. The van der Waals surface area contributed by atoms with E-state index in [2.05, 4.69) is 28.1 Å². The summed E-state index contributed by atoms with van der Waals surface area (Å²) in [4.78, 5) is 33.1. The number of nitrogens with zero attached hydrogens (tertiary/aromatic N) is 3. The molecule has 0 aliphatic carbocycles. The van der Waals surface area contributed by atoms with E-state index in [0.717, 1.165) is 55.8 Å². The number of methoxy groups -OCH3 is 2. The summed E-state index contributed by atoms with van der Waals surface area (Å²) in [6, 6.07) is 11.8. The average Bonchev–Trinajstić information content (AvgIpc) is 3.28. The summed E-state index contributed by atoms with van der Waals surface area (Å²) < 4.78 is 11.1. The van der Waals surface area contributed by atoms with Crippen LogP contribution in [0.5, 0.6) is 11.5 Å². The van der Waals surface area contributed by atoms with Gasteiger partial charge in [0.2, 0.25) is 5.91 Å². The van der Waals surface area contributed by atoms with E-state index in [1.54, 1.807) is 14.2 Å².